The smallest absolute Gasteiger partial charge is 0.137 e. The second-order valence-electron chi connectivity index (χ2n) is 5.76. The van der Waals surface area contributed by atoms with Gasteiger partial charge in [-0.3, -0.25) is 4.90 Å². The van der Waals surface area contributed by atoms with Gasteiger partial charge in [-0.05, 0) is 63.9 Å². The van der Waals surface area contributed by atoms with Gasteiger partial charge in [-0.1, -0.05) is 24.3 Å². The lowest BCUT2D eigenvalue weighted by Gasteiger charge is -2.24. The van der Waals surface area contributed by atoms with E-state index < -0.39 is 0 Å². The lowest BCUT2D eigenvalue weighted by molar-refractivity contribution is -0.111. The molecule has 20 heavy (non-hydrogen) atoms. The summed E-state index contributed by atoms with van der Waals surface area (Å²) < 4.78 is 0. The first-order valence-corrected chi connectivity index (χ1v) is 7.67. The highest BCUT2D eigenvalue weighted by molar-refractivity contribution is 5.57. The average Bonchev–Trinajstić information content (AvgIpc) is 2.92. The summed E-state index contributed by atoms with van der Waals surface area (Å²) in [4.78, 5) is 12.3. The van der Waals surface area contributed by atoms with Crippen LogP contribution in [0.5, 0.6) is 0 Å². The van der Waals surface area contributed by atoms with Gasteiger partial charge >= 0.3 is 0 Å². The van der Waals surface area contributed by atoms with Gasteiger partial charge in [-0.15, -0.1) is 0 Å². The fraction of sp³-hybridized carbons (Fsp3) is 0.588. The summed E-state index contributed by atoms with van der Waals surface area (Å²) in [6, 6.07) is 9.57. The Hall–Kier alpha value is -1.19. The lowest BCUT2D eigenvalue weighted by Crippen LogP contribution is -2.25. The Kier molecular flexibility index (Phi) is 5.74. The molecule has 1 fully saturated rings. The number of hydrogen-bond donors (Lipinski definition) is 1. The summed E-state index contributed by atoms with van der Waals surface area (Å²) >= 11 is 0. The van der Waals surface area contributed by atoms with Crippen LogP contribution in [0.25, 0.3) is 0 Å². The molecule has 1 heterocycles. The molecular formula is C17H26N2O. The van der Waals surface area contributed by atoms with Crippen molar-refractivity contribution in [1.29, 1.82) is 0 Å². The number of rotatable bonds is 2. The van der Waals surface area contributed by atoms with Crippen LogP contribution in [0.15, 0.2) is 24.3 Å². The van der Waals surface area contributed by atoms with Gasteiger partial charge in [0, 0.05) is 6.04 Å². The van der Waals surface area contributed by atoms with Crippen LogP contribution in [-0.2, 0) is 11.2 Å². The number of likely N-dealkylation sites (tertiary alicyclic amines) is 1. The summed E-state index contributed by atoms with van der Waals surface area (Å²) in [5.41, 5.74) is 3.04. The van der Waals surface area contributed by atoms with E-state index in [1.165, 1.54) is 36.8 Å². The fourth-order valence-corrected chi connectivity index (χ4v) is 3.16. The van der Waals surface area contributed by atoms with Gasteiger partial charge < -0.3 is 10.1 Å². The van der Waals surface area contributed by atoms with Crippen LogP contribution in [0, 0.1) is 0 Å². The minimum atomic E-state index is 0.218. The topological polar surface area (TPSA) is 32.3 Å². The summed E-state index contributed by atoms with van der Waals surface area (Å²) in [5.74, 6) is 0. The van der Waals surface area contributed by atoms with E-state index in [9.17, 15) is 4.79 Å². The van der Waals surface area contributed by atoms with Crippen molar-refractivity contribution in [3.8, 4) is 0 Å². The second kappa shape index (κ2) is 7.55. The van der Waals surface area contributed by atoms with E-state index in [1.54, 1.807) is 0 Å². The molecule has 1 aliphatic carbocycles. The van der Waals surface area contributed by atoms with Crippen molar-refractivity contribution in [3.05, 3.63) is 35.4 Å². The van der Waals surface area contributed by atoms with Crippen LogP contribution in [0.1, 0.15) is 42.9 Å². The van der Waals surface area contributed by atoms with Crippen LogP contribution >= 0.6 is 0 Å². The Balaban J connectivity index is 0.000000160. The molecule has 1 unspecified atom stereocenters. The SMILES string of the molecule is CN1CCC[C@H]1C=O.CNC1CCCc2ccccc21. The van der Waals surface area contributed by atoms with E-state index in [1.807, 2.05) is 14.1 Å². The molecule has 0 amide bonds. The van der Waals surface area contributed by atoms with Crippen molar-refractivity contribution in [1.82, 2.24) is 10.2 Å². The number of carbonyl (C=O) groups is 1. The first-order chi connectivity index (χ1) is 9.76. The standard InChI is InChI=1S/C11H15N.C6H11NO/c1-12-11-8-4-6-9-5-2-3-7-10(9)11;1-7-4-2-3-6(7)5-8/h2-3,5,7,11-12H,4,6,8H2,1H3;5-6H,2-4H2,1H3/t;6-/m.0/s1. The quantitative estimate of drug-likeness (QED) is 0.841. The Morgan fingerprint density at radius 3 is 2.65 bits per heavy atom. The predicted octanol–water partition coefficient (Wildman–Crippen LogP) is 2.56. The molecule has 3 nitrogen and oxygen atoms in total. The zero-order valence-corrected chi connectivity index (χ0v) is 12.6. The molecule has 2 atom stereocenters. The van der Waals surface area contributed by atoms with Crippen molar-refractivity contribution in [3.63, 3.8) is 0 Å². The van der Waals surface area contributed by atoms with Gasteiger partial charge in [-0.25, -0.2) is 0 Å². The van der Waals surface area contributed by atoms with Crippen molar-refractivity contribution < 1.29 is 4.79 Å². The van der Waals surface area contributed by atoms with E-state index >= 15 is 0 Å². The molecule has 0 saturated carbocycles. The second-order valence-corrected chi connectivity index (χ2v) is 5.76. The Morgan fingerprint density at radius 2 is 2.05 bits per heavy atom. The maximum Gasteiger partial charge on any atom is 0.137 e. The largest absolute Gasteiger partial charge is 0.313 e. The maximum atomic E-state index is 10.2. The number of aryl methyl sites for hydroxylation is 1. The number of benzene rings is 1. The Morgan fingerprint density at radius 1 is 1.25 bits per heavy atom. The van der Waals surface area contributed by atoms with Crippen LogP contribution in [0.2, 0.25) is 0 Å². The molecule has 1 N–H and O–H groups in total. The first kappa shape index (κ1) is 15.2. The van der Waals surface area contributed by atoms with Crippen LogP contribution in [0.3, 0.4) is 0 Å². The van der Waals surface area contributed by atoms with Gasteiger partial charge in [0.15, 0.2) is 0 Å². The molecule has 3 heteroatoms. The normalized spacial score (nSPS) is 25.5. The van der Waals surface area contributed by atoms with E-state index in [0.717, 1.165) is 19.3 Å². The molecule has 0 radical (unpaired) electrons. The molecule has 0 spiro atoms. The number of nitrogens with one attached hydrogen (secondary N) is 1. The number of likely N-dealkylation sites (N-methyl/N-ethyl adjacent to an activating group) is 1. The molecule has 1 saturated heterocycles. The van der Waals surface area contributed by atoms with Crippen LogP contribution in [0.4, 0.5) is 0 Å². The van der Waals surface area contributed by atoms with Gasteiger partial charge in [0.05, 0.1) is 6.04 Å². The molecule has 0 aromatic heterocycles. The van der Waals surface area contributed by atoms with E-state index in [4.69, 9.17) is 0 Å². The molecule has 2 aliphatic rings. The zero-order chi connectivity index (χ0) is 14.4. The molecule has 3 rings (SSSR count). The van der Waals surface area contributed by atoms with Crippen molar-refractivity contribution in [2.24, 2.45) is 0 Å². The first-order valence-electron chi connectivity index (χ1n) is 7.67. The van der Waals surface area contributed by atoms with Gasteiger partial charge in [-0.2, -0.15) is 0 Å². The van der Waals surface area contributed by atoms with E-state index in [0.29, 0.717) is 6.04 Å². The Labute approximate surface area is 122 Å². The third-order valence-corrected chi connectivity index (χ3v) is 4.45. The summed E-state index contributed by atoms with van der Waals surface area (Å²) in [6.07, 6.45) is 7.14. The monoisotopic (exact) mass is 274 g/mol. The molecule has 110 valence electrons. The predicted molar refractivity (Wildman–Crippen MR) is 82.9 cm³/mol. The lowest BCUT2D eigenvalue weighted by atomic mass is 9.88. The highest BCUT2D eigenvalue weighted by Gasteiger charge is 2.19. The van der Waals surface area contributed by atoms with Gasteiger partial charge in [0.25, 0.3) is 0 Å². The number of fused-ring (bicyclic) bond motifs is 1. The zero-order valence-electron chi connectivity index (χ0n) is 12.6. The fourth-order valence-electron chi connectivity index (χ4n) is 3.16. The minimum Gasteiger partial charge on any atom is -0.313 e. The summed E-state index contributed by atoms with van der Waals surface area (Å²) in [5, 5.41) is 3.36. The maximum absolute atomic E-state index is 10.2. The minimum absolute atomic E-state index is 0.218. The van der Waals surface area contributed by atoms with Crippen molar-refractivity contribution in [2.45, 2.75) is 44.2 Å². The molecule has 0 bridgehead atoms. The highest BCUT2D eigenvalue weighted by Crippen LogP contribution is 2.28. The van der Waals surface area contributed by atoms with Crippen molar-refractivity contribution >= 4 is 6.29 Å². The number of hydrogen-bond acceptors (Lipinski definition) is 3. The van der Waals surface area contributed by atoms with E-state index in [2.05, 4.69) is 34.5 Å². The van der Waals surface area contributed by atoms with Gasteiger partial charge in [0.1, 0.15) is 6.29 Å². The molecule has 1 aliphatic heterocycles. The average molecular weight is 274 g/mol. The third-order valence-electron chi connectivity index (χ3n) is 4.45. The van der Waals surface area contributed by atoms with E-state index in [-0.39, 0.29) is 6.04 Å². The number of carbonyl (C=O) groups excluding carboxylic acids is 1. The van der Waals surface area contributed by atoms with Gasteiger partial charge in [0.2, 0.25) is 0 Å². The Bertz CT molecular complexity index is 433. The molecule has 1 aromatic carbocycles. The van der Waals surface area contributed by atoms with Crippen molar-refractivity contribution in [2.75, 3.05) is 20.6 Å². The van der Waals surface area contributed by atoms with Crippen LogP contribution < -0.4 is 5.32 Å². The third kappa shape index (κ3) is 3.68. The number of aldehydes is 1. The number of nitrogens with zero attached hydrogens (tertiary/aromatic N) is 1. The summed E-state index contributed by atoms with van der Waals surface area (Å²) in [7, 11) is 4.04. The summed E-state index contributed by atoms with van der Waals surface area (Å²) in [6.45, 7) is 1.09. The highest BCUT2D eigenvalue weighted by atomic mass is 16.1. The molecule has 1 aromatic rings. The molecular weight excluding hydrogens is 248 g/mol. The van der Waals surface area contributed by atoms with Crippen LogP contribution in [-0.4, -0.2) is 37.9 Å².